The lowest BCUT2D eigenvalue weighted by Crippen LogP contribution is -2.28. The molecule has 17 heavy (non-hydrogen) atoms. The molecule has 2 heterocycles. The van der Waals surface area contributed by atoms with Gasteiger partial charge in [0.05, 0.1) is 12.5 Å². The van der Waals surface area contributed by atoms with Gasteiger partial charge in [0.25, 0.3) is 0 Å². The second-order valence-corrected chi connectivity index (χ2v) is 4.15. The van der Waals surface area contributed by atoms with Crippen LogP contribution < -0.4 is 5.32 Å². The molecule has 0 atom stereocenters. The predicted octanol–water partition coefficient (Wildman–Crippen LogP) is 1.80. The van der Waals surface area contributed by atoms with Gasteiger partial charge in [0.15, 0.2) is 0 Å². The zero-order chi connectivity index (χ0) is 11.2. The number of likely N-dealkylation sites (tertiary alicyclic amines) is 1. The largest absolute Gasteiger partial charge is 0.472 e. The van der Waals surface area contributed by atoms with Crippen LogP contribution in [0.3, 0.4) is 0 Å². The molecular formula is C12H19ClN2O2. The van der Waals surface area contributed by atoms with Gasteiger partial charge < -0.3 is 14.6 Å². The Morgan fingerprint density at radius 3 is 3.00 bits per heavy atom. The van der Waals surface area contributed by atoms with Crippen LogP contribution in [0, 0.1) is 0 Å². The van der Waals surface area contributed by atoms with Gasteiger partial charge in [-0.3, -0.25) is 4.79 Å². The molecule has 1 aromatic heterocycles. The zero-order valence-corrected chi connectivity index (χ0v) is 10.7. The van der Waals surface area contributed by atoms with Gasteiger partial charge in [0, 0.05) is 31.6 Å². The first-order valence-corrected chi connectivity index (χ1v) is 5.86. The molecule has 0 radical (unpaired) electrons. The highest BCUT2D eigenvalue weighted by Crippen LogP contribution is 2.09. The lowest BCUT2D eigenvalue weighted by Gasteiger charge is -2.15. The van der Waals surface area contributed by atoms with Crippen molar-refractivity contribution in [3.05, 3.63) is 24.2 Å². The summed E-state index contributed by atoms with van der Waals surface area (Å²) < 4.78 is 4.97. The molecule has 0 unspecified atom stereocenters. The van der Waals surface area contributed by atoms with Crippen LogP contribution in [-0.2, 0) is 11.3 Å². The summed E-state index contributed by atoms with van der Waals surface area (Å²) in [4.78, 5) is 13.3. The van der Waals surface area contributed by atoms with Crippen molar-refractivity contribution < 1.29 is 9.21 Å². The third kappa shape index (κ3) is 4.40. The lowest BCUT2D eigenvalue weighted by atomic mass is 10.3. The van der Waals surface area contributed by atoms with E-state index in [1.54, 1.807) is 12.5 Å². The zero-order valence-electron chi connectivity index (χ0n) is 9.85. The Kier molecular flexibility index (Phi) is 6.08. The van der Waals surface area contributed by atoms with Crippen LogP contribution in [-0.4, -0.2) is 30.4 Å². The van der Waals surface area contributed by atoms with E-state index in [4.69, 9.17) is 4.42 Å². The minimum absolute atomic E-state index is 0. The number of rotatable bonds is 6. The molecule has 4 nitrogen and oxygen atoms in total. The maximum Gasteiger partial charge on any atom is 0.222 e. The second-order valence-electron chi connectivity index (χ2n) is 4.15. The maximum atomic E-state index is 11.3. The van der Waals surface area contributed by atoms with Crippen molar-refractivity contribution >= 4 is 18.3 Å². The number of halogens is 1. The van der Waals surface area contributed by atoms with Gasteiger partial charge in [-0.1, -0.05) is 0 Å². The van der Waals surface area contributed by atoms with Crippen molar-refractivity contribution in [3.8, 4) is 0 Å². The molecule has 0 saturated carbocycles. The monoisotopic (exact) mass is 258 g/mol. The van der Waals surface area contributed by atoms with Crippen molar-refractivity contribution in [2.75, 3.05) is 19.6 Å². The number of furan rings is 1. The van der Waals surface area contributed by atoms with Crippen LogP contribution in [0.2, 0.25) is 0 Å². The van der Waals surface area contributed by atoms with E-state index in [0.29, 0.717) is 5.91 Å². The summed E-state index contributed by atoms with van der Waals surface area (Å²) in [5, 5.41) is 3.33. The minimum atomic E-state index is 0. The standard InChI is InChI=1S/C12H18N2O2.ClH/c15-12-3-1-6-14(12)7-2-5-13-9-11-4-8-16-10-11;/h4,8,10,13H,1-3,5-7,9H2;1H. The molecule has 1 saturated heterocycles. The molecule has 1 amide bonds. The van der Waals surface area contributed by atoms with E-state index in [1.807, 2.05) is 11.0 Å². The normalized spacial score (nSPS) is 15.1. The van der Waals surface area contributed by atoms with Gasteiger partial charge >= 0.3 is 0 Å². The van der Waals surface area contributed by atoms with Gasteiger partial charge in [-0.25, -0.2) is 0 Å². The molecule has 0 aliphatic carbocycles. The summed E-state index contributed by atoms with van der Waals surface area (Å²) in [6.07, 6.45) is 6.21. The first-order valence-electron chi connectivity index (χ1n) is 5.86. The average Bonchev–Trinajstić information content (AvgIpc) is 2.90. The third-order valence-corrected chi connectivity index (χ3v) is 2.86. The van der Waals surface area contributed by atoms with Crippen LogP contribution in [0.1, 0.15) is 24.8 Å². The smallest absolute Gasteiger partial charge is 0.222 e. The molecule has 1 aliphatic rings. The summed E-state index contributed by atoms with van der Waals surface area (Å²) >= 11 is 0. The Labute approximate surface area is 108 Å². The predicted molar refractivity (Wildman–Crippen MR) is 68.1 cm³/mol. The van der Waals surface area contributed by atoms with Gasteiger partial charge in [0.1, 0.15) is 0 Å². The van der Waals surface area contributed by atoms with E-state index in [9.17, 15) is 4.79 Å². The van der Waals surface area contributed by atoms with E-state index in [0.717, 1.165) is 51.0 Å². The van der Waals surface area contributed by atoms with Crippen LogP contribution in [0.25, 0.3) is 0 Å². The summed E-state index contributed by atoms with van der Waals surface area (Å²) in [5.74, 6) is 0.315. The minimum Gasteiger partial charge on any atom is -0.472 e. The van der Waals surface area contributed by atoms with Gasteiger partial charge in [0.2, 0.25) is 5.91 Å². The molecule has 1 fully saturated rings. The van der Waals surface area contributed by atoms with Gasteiger partial charge in [-0.05, 0) is 25.5 Å². The first kappa shape index (κ1) is 14.1. The first-order chi connectivity index (χ1) is 7.86. The van der Waals surface area contributed by atoms with Gasteiger partial charge in [-0.15, -0.1) is 12.4 Å². The van der Waals surface area contributed by atoms with Crippen LogP contribution in [0.4, 0.5) is 0 Å². The number of nitrogens with zero attached hydrogens (tertiary/aromatic N) is 1. The van der Waals surface area contributed by atoms with Crippen molar-refractivity contribution in [1.29, 1.82) is 0 Å². The Hall–Kier alpha value is -1.00. The highest BCUT2D eigenvalue weighted by atomic mass is 35.5. The molecule has 0 aromatic carbocycles. The number of nitrogens with one attached hydrogen (secondary N) is 1. The summed E-state index contributed by atoms with van der Waals surface area (Å²) in [5.41, 5.74) is 1.16. The lowest BCUT2D eigenvalue weighted by molar-refractivity contribution is -0.127. The number of hydrogen-bond acceptors (Lipinski definition) is 3. The molecule has 1 N–H and O–H groups in total. The molecule has 1 aliphatic heterocycles. The number of carbonyl (C=O) groups excluding carboxylic acids is 1. The fraction of sp³-hybridized carbons (Fsp3) is 0.583. The third-order valence-electron chi connectivity index (χ3n) is 2.86. The Balaban J connectivity index is 0.00000144. The summed E-state index contributed by atoms with van der Waals surface area (Å²) in [6, 6.07) is 1.96. The molecule has 1 aromatic rings. The molecule has 96 valence electrons. The second kappa shape index (κ2) is 7.35. The van der Waals surface area contributed by atoms with Crippen molar-refractivity contribution in [2.24, 2.45) is 0 Å². The Bertz CT molecular complexity index is 327. The van der Waals surface area contributed by atoms with Crippen molar-refractivity contribution in [1.82, 2.24) is 10.2 Å². The molecule has 0 bridgehead atoms. The van der Waals surface area contributed by atoms with E-state index in [1.165, 1.54) is 0 Å². The van der Waals surface area contributed by atoms with E-state index in [2.05, 4.69) is 5.32 Å². The number of carbonyl (C=O) groups is 1. The quantitative estimate of drug-likeness (QED) is 0.792. The van der Waals surface area contributed by atoms with Crippen LogP contribution in [0.5, 0.6) is 0 Å². The number of hydrogen-bond donors (Lipinski definition) is 1. The summed E-state index contributed by atoms with van der Waals surface area (Å²) in [7, 11) is 0. The Morgan fingerprint density at radius 1 is 1.47 bits per heavy atom. The topological polar surface area (TPSA) is 45.5 Å². The number of amides is 1. The fourth-order valence-corrected chi connectivity index (χ4v) is 1.96. The van der Waals surface area contributed by atoms with Gasteiger partial charge in [-0.2, -0.15) is 0 Å². The van der Waals surface area contributed by atoms with Crippen LogP contribution in [0.15, 0.2) is 23.0 Å². The van der Waals surface area contributed by atoms with Crippen molar-refractivity contribution in [2.45, 2.75) is 25.8 Å². The molecule has 5 heteroatoms. The van der Waals surface area contributed by atoms with E-state index in [-0.39, 0.29) is 12.4 Å². The SMILES string of the molecule is Cl.O=C1CCCN1CCCNCc1ccoc1. The van der Waals surface area contributed by atoms with E-state index < -0.39 is 0 Å². The highest BCUT2D eigenvalue weighted by molar-refractivity contribution is 5.85. The highest BCUT2D eigenvalue weighted by Gasteiger charge is 2.18. The molecular weight excluding hydrogens is 240 g/mol. The van der Waals surface area contributed by atoms with Crippen molar-refractivity contribution in [3.63, 3.8) is 0 Å². The fourth-order valence-electron chi connectivity index (χ4n) is 1.96. The maximum absolute atomic E-state index is 11.3. The molecule has 2 rings (SSSR count). The molecule has 0 spiro atoms. The average molecular weight is 259 g/mol. The summed E-state index contributed by atoms with van der Waals surface area (Å²) in [6.45, 7) is 3.61. The van der Waals surface area contributed by atoms with E-state index >= 15 is 0 Å². The Morgan fingerprint density at radius 2 is 2.35 bits per heavy atom. The van der Waals surface area contributed by atoms with Crippen LogP contribution >= 0.6 is 12.4 Å².